The van der Waals surface area contributed by atoms with Crippen LogP contribution in [0.25, 0.3) is 0 Å². The lowest BCUT2D eigenvalue weighted by Gasteiger charge is -2.25. The van der Waals surface area contributed by atoms with Gasteiger partial charge in [-0.25, -0.2) is 8.42 Å². The molecular weight excluding hydrogens is 368 g/mol. The van der Waals surface area contributed by atoms with E-state index in [1.54, 1.807) is 19.1 Å². The fourth-order valence-electron chi connectivity index (χ4n) is 2.48. The Morgan fingerprint density at radius 3 is 2.36 bits per heavy atom. The minimum atomic E-state index is -3.05. The van der Waals surface area contributed by atoms with Gasteiger partial charge in [0.15, 0.2) is 0 Å². The van der Waals surface area contributed by atoms with E-state index in [1.165, 1.54) is 6.26 Å². The molecule has 0 heterocycles. The zero-order valence-electron chi connectivity index (χ0n) is 12.7. The van der Waals surface area contributed by atoms with Gasteiger partial charge in [0.1, 0.15) is 15.4 Å². The summed E-state index contributed by atoms with van der Waals surface area (Å²) in [6, 6.07) is 7.26. The van der Waals surface area contributed by atoms with Gasteiger partial charge in [0, 0.05) is 22.7 Å². The van der Waals surface area contributed by atoms with E-state index in [0.717, 1.165) is 17.3 Å². The van der Waals surface area contributed by atoms with Crippen molar-refractivity contribution >= 4 is 31.7 Å². The van der Waals surface area contributed by atoms with Gasteiger partial charge >= 0.3 is 0 Å². The fraction of sp³-hybridized carbons (Fsp3) is 0.533. The summed E-state index contributed by atoms with van der Waals surface area (Å²) in [6.07, 6.45) is 2.86. The first kappa shape index (κ1) is 17.4. The van der Waals surface area contributed by atoms with E-state index in [-0.39, 0.29) is 17.1 Å². The number of hydrogen-bond acceptors (Lipinski definition) is 4. The molecule has 1 aromatic rings. The van der Waals surface area contributed by atoms with Crippen LogP contribution in [-0.2, 0) is 20.2 Å². The smallest absolute Gasteiger partial charge is 0.244 e. The van der Waals surface area contributed by atoms with Crippen LogP contribution in [0.4, 0.5) is 0 Å². The molecule has 122 valence electrons. The van der Waals surface area contributed by atoms with Crippen LogP contribution in [0.15, 0.2) is 28.7 Å². The Bertz CT molecular complexity index is 665. The van der Waals surface area contributed by atoms with Crippen molar-refractivity contribution in [2.75, 3.05) is 18.6 Å². The van der Waals surface area contributed by atoms with Crippen molar-refractivity contribution in [2.24, 2.45) is 11.1 Å². The second kappa shape index (κ2) is 5.94. The van der Waals surface area contributed by atoms with Crippen LogP contribution in [-0.4, -0.2) is 32.9 Å². The molecule has 5 nitrogen and oxygen atoms in total. The summed E-state index contributed by atoms with van der Waals surface area (Å²) in [5.41, 5.74) is 5.42. The minimum Gasteiger partial charge on any atom is -0.354 e. The van der Waals surface area contributed by atoms with E-state index < -0.39 is 15.4 Å². The summed E-state index contributed by atoms with van der Waals surface area (Å²) < 4.78 is 23.8. The standard InChI is InChI=1S/C15H21BrN2O3S/c1-14(17,11-3-5-12(16)6-4-11)13(19)18-9-15(7-8-15)10-22(2,20)21/h3-6H,7-10,17H2,1-2H3,(H,18,19). The number of carbonyl (C=O) groups excluding carboxylic acids is 1. The number of amides is 1. The molecule has 1 aromatic carbocycles. The van der Waals surface area contributed by atoms with Crippen LogP contribution in [0.3, 0.4) is 0 Å². The normalized spacial score (nSPS) is 19.3. The average molecular weight is 389 g/mol. The first-order valence-electron chi connectivity index (χ1n) is 7.05. The molecule has 0 radical (unpaired) electrons. The lowest BCUT2D eigenvalue weighted by Crippen LogP contribution is -2.50. The predicted molar refractivity (Wildman–Crippen MR) is 90.1 cm³/mol. The van der Waals surface area contributed by atoms with Gasteiger partial charge in [-0.2, -0.15) is 0 Å². The lowest BCUT2D eigenvalue weighted by molar-refractivity contribution is -0.126. The number of rotatable bonds is 6. The van der Waals surface area contributed by atoms with Crippen LogP contribution in [0, 0.1) is 5.41 Å². The molecule has 1 aliphatic carbocycles. The van der Waals surface area contributed by atoms with Gasteiger partial charge in [0.05, 0.1) is 5.75 Å². The molecular formula is C15H21BrN2O3S. The van der Waals surface area contributed by atoms with Crippen LogP contribution in [0.1, 0.15) is 25.3 Å². The maximum absolute atomic E-state index is 12.4. The van der Waals surface area contributed by atoms with Crippen molar-refractivity contribution in [3.05, 3.63) is 34.3 Å². The molecule has 0 spiro atoms. The summed E-state index contributed by atoms with van der Waals surface area (Å²) in [7, 11) is -3.05. The van der Waals surface area contributed by atoms with E-state index in [0.29, 0.717) is 12.1 Å². The SMILES string of the molecule is CC(N)(C(=O)NCC1(CS(C)(=O)=O)CC1)c1ccc(Br)cc1. The van der Waals surface area contributed by atoms with E-state index in [2.05, 4.69) is 21.2 Å². The number of benzene rings is 1. The highest BCUT2D eigenvalue weighted by molar-refractivity contribution is 9.10. The summed E-state index contributed by atoms with van der Waals surface area (Å²) in [4.78, 5) is 12.4. The molecule has 1 unspecified atom stereocenters. The summed E-state index contributed by atoms with van der Waals surface area (Å²) in [5.74, 6) is -0.186. The molecule has 1 fully saturated rings. The molecule has 0 bridgehead atoms. The summed E-state index contributed by atoms with van der Waals surface area (Å²) in [5, 5.41) is 2.82. The Kier molecular flexibility index (Phi) is 4.71. The van der Waals surface area contributed by atoms with Crippen LogP contribution >= 0.6 is 15.9 Å². The first-order chi connectivity index (χ1) is 10.0. The van der Waals surface area contributed by atoms with Crippen molar-refractivity contribution in [1.29, 1.82) is 0 Å². The number of carbonyl (C=O) groups is 1. The number of hydrogen-bond donors (Lipinski definition) is 2. The molecule has 7 heteroatoms. The van der Waals surface area contributed by atoms with E-state index in [9.17, 15) is 13.2 Å². The van der Waals surface area contributed by atoms with Crippen molar-refractivity contribution < 1.29 is 13.2 Å². The van der Waals surface area contributed by atoms with E-state index in [4.69, 9.17) is 5.73 Å². The molecule has 1 aliphatic rings. The number of sulfone groups is 1. The number of nitrogens with one attached hydrogen (secondary N) is 1. The van der Waals surface area contributed by atoms with Gasteiger partial charge in [0.25, 0.3) is 0 Å². The van der Waals surface area contributed by atoms with E-state index >= 15 is 0 Å². The largest absolute Gasteiger partial charge is 0.354 e. The molecule has 2 rings (SSSR count). The maximum atomic E-state index is 12.4. The molecule has 1 atom stereocenters. The van der Waals surface area contributed by atoms with Gasteiger partial charge in [-0.05, 0) is 37.5 Å². The minimum absolute atomic E-state index is 0.111. The van der Waals surface area contributed by atoms with Gasteiger partial charge in [-0.3, -0.25) is 4.79 Å². The molecule has 3 N–H and O–H groups in total. The van der Waals surface area contributed by atoms with Gasteiger partial charge in [-0.1, -0.05) is 28.1 Å². The quantitative estimate of drug-likeness (QED) is 0.773. The number of halogens is 1. The van der Waals surface area contributed by atoms with Crippen LogP contribution in [0.2, 0.25) is 0 Å². The highest BCUT2D eigenvalue weighted by Gasteiger charge is 2.46. The molecule has 0 saturated heterocycles. The Labute approximate surface area is 139 Å². The molecule has 0 aliphatic heterocycles. The third-order valence-corrected chi connectivity index (χ3v) is 5.73. The Morgan fingerprint density at radius 2 is 1.91 bits per heavy atom. The maximum Gasteiger partial charge on any atom is 0.244 e. The lowest BCUT2D eigenvalue weighted by atomic mass is 9.92. The highest BCUT2D eigenvalue weighted by atomic mass is 79.9. The summed E-state index contributed by atoms with van der Waals surface area (Å²) >= 11 is 3.34. The van der Waals surface area contributed by atoms with Crippen molar-refractivity contribution in [1.82, 2.24) is 5.32 Å². The summed E-state index contributed by atoms with van der Waals surface area (Å²) in [6.45, 7) is 2.00. The zero-order chi connectivity index (χ0) is 16.6. The van der Waals surface area contributed by atoms with Gasteiger partial charge < -0.3 is 11.1 Å². The first-order valence-corrected chi connectivity index (χ1v) is 9.90. The molecule has 1 saturated carbocycles. The van der Waals surface area contributed by atoms with Crippen LogP contribution in [0.5, 0.6) is 0 Å². The van der Waals surface area contributed by atoms with Crippen molar-refractivity contribution in [3.63, 3.8) is 0 Å². The van der Waals surface area contributed by atoms with E-state index in [1.807, 2.05) is 12.1 Å². The zero-order valence-corrected chi connectivity index (χ0v) is 15.1. The second-order valence-corrected chi connectivity index (χ2v) is 9.52. The molecule has 0 aromatic heterocycles. The monoisotopic (exact) mass is 388 g/mol. The third-order valence-electron chi connectivity index (χ3n) is 4.07. The van der Waals surface area contributed by atoms with Crippen molar-refractivity contribution in [3.8, 4) is 0 Å². The van der Waals surface area contributed by atoms with Gasteiger partial charge in [0.2, 0.25) is 5.91 Å². The van der Waals surface area contributed by atoms with Crippen molar-refractivity contribution in [2.45, 2.75) is 25.3 Å². The van der Waals surface area contributed by atoms with Gasteiger partial charge in [-0.15, -0.1) is 0 Å². The molecule has 1 amide bonds. The Balaban J connectivity index is 2.01. The third kappa shape index (κ3) is 4.30. The second-order valence-electron chi connectivity index (χ2n) is 6.46. The average Bonchev–Trinajstić information content (AvgIpc) is 3.14. The fourth-order valence-corrected chi connectivity index (χ4v) is 4.25. The van der Waals surface area contributed by atoms with Crippen LogP contribution < -0.4 is 11.1 Å². The highest BCUT2D eigenvalue weighted by Crippen LogP contribution is 2.46. The number of nitrogens with two attached hydrogens (primary N) is 1. The Morgan fingerprint density at radius 1 is 1.36 bits per heavy atom. The molecule has 22 heavy (non-hydrogen) atoms. The predicted octanol–water partition coefficient (Wildman–Crippen LogP) is 1.56. The topological polar surface area (TPSA) is 89.3 Å². The Hall–Kier alpha value is -0.920.